The molecule has 3 nitrogen and oxygen atoms in total. The van der Waals surface area contributed by atoms with Gasteiger partial charge in [0.1, 0.15) is 6.33 Å². The summed E-state index contributed by atoms with van der Waals surface area (Å²) < 4.78 is 2.68. The van der Waals surface area contributed by atoms with Crippen LogP contribution in [0.3, 0.4) is 0 Å². The molecule has 4 aromatic carbocycles. The Morgan fingerprint density at radius 1 is 0.688 bits per heavy atom. The van der Waals surface area contributed by atoms with E-state index in [1.807, 2.05) is 60.0 Å². The second-order valence-electron chi connectivity index (χ2n) is 7.14. The van der Waals surface area contributed by atoms with Crippen LogP contribution in [0.4, 0.5) is 0 Å². The van der Waals surface area contributed by atoms with Crippen LogP contribution in [0.1, 0.15) is 0 Å². The second kappa shape index (κ2) is 8.71. The minimum atomic E-state index is 0. The standard InChI is InChI=1S/C17H8NS.C10H7N2.Ir/c1-4-10-11-6-3-9-18-17(11)12-5-2-8-14-16(12)15(10)13(7-1)19-14;1-2-4-9(5-3-1)10-6-7-11-8-12-10;/h1-4,6-9H;1-4,6-8H;/q2*-1;. The fraction of sp³-hybridized carbons (Fsp3) is 0. The number of rotatable bonds is 1. The van der Waals surface area contributed by atoms with Crippen molar-refractivity contribution in [1.29, 1.82) is 0 Å². The number of nitrogens with zero attached hydrogens (tertiary/aromatic N) is 3. The Morgan fingerprint density at radius 2 is 1.59 bits per heavy atom. The van der Waals surface area contributed by atoms with Crippen LogP contribution >= 0.6 is 11.3 Å². The number of pyridine rings is 1. The Bertz CT molecular complexity index is 1510. The van der Waals surface area contributed by atoms with Crippen molar-refractivity contribution in [3.05, 3.63) is 104 Å². The molecule has 0 saturated heterocycles. The van der Waals surface area contributed by atoms with E-state index in [0.717, 1.165) is 22.2 Å². The van der Waals surface area contributed by atoms with Gasteiger partial charge in [0.15, 0.2) is 0 Å². The first-order valence-electron chi connectivity index (χ1n) is 9.95. The van der Waals surface area contributed by atoms with Crippen LogP contribution in [-0.2, 0) is 20.1 Å². The first-order valence-corrected chi connectivity index (χ1v) is 10.8. The molecule has 0 unspecified atom stereocenters. The molecule has 0 aliphatic heterocycles. The molecular weight excluding hydrogens is 591 g/mol. The summed E-state index contributed by atoms with van der Waals surface area (Å²) in [5.74, 6) is 0. The van der Waals surface area contributed by atoms with Crippen LogP contribution in [0.2, 0.25) is 0 Å². The van der Waals surface area contributed by atoms with Crippen LogP contribution in [0.5, 0.6) is 0 Å². The molecule has 3 heterocycles. The van der Waals surface area contributed by atoms with Crippen LogP contribution in [-0.4, -0.2) is 15.0 Å². The van der Waals surface area contributed by atoms with Crippen molar-refractivity contribution in [2.45, 2.75) is 0 Å². The number of hydrogen-bond acceptors (Lipinski definition) is 4. The van der Waals surface area contributed by atoms with Gasteiger partial charge in [-0.05, 0) is 44.2 Å². The Kier molecular flexibility index (Phi) is 5.62. The third-order valence-electron chi connectivity index (χ3n) is 5.36. The fourth-order valence-corrected chi connectivity index (χ4v) is 5.18. The Labute approximate surface area is 202 Å². The molecule has 5 heteroatoms. The minimum absolute atomic E-state index is 0. The monoisotopic (exact) mass is 606 g/mol. The molecule has 7 rings (SSSR count). The van der Waals surface area contributed by atoms with E-state index in [2.05, 4.69) is 57.4 Å². The molecule has 7 aromatic rings. The van der Waals surface area contributed by atoms with Crippen molar-refractivity contribution in [2.24, 2.45) is 0 Å². The first kappa shape index (κ1) is 20.7. The van der Waals surface area contributed by atoms with Gasteiger partial charge < -0.3 is 4.98 Å². The molecule has 3 aromatic heterocycles. The molecule has 32 heavy (non-hydrogen) atoms. The average molecular weight is 606 g/mol. The van der Waals surface area contributed by atoms with Gasteiger partial charge in [0, 0.05) is 37.2 Å². The van der Waals surface area contributed by atoms with Gasteiger partial charge in [-0.25, -0.2) is 4.98 Å². The number of thiophene rings is 1. The van der Waals surface area contributed by atoms with E-state index in [4.69, 9.17) is 0 Å². The molecule has 0 spiro atoms. The summed E-state index contributed by atoms with van der Waals surface area (Å²) in [5, 5.41) is 6.37. The molecule has 0 aliphatic carbocycles. The normalized spacial score (nSPS) is 10.9. The van der Waals surface area contributed by atoms with E-state index in [-0.39, 0.29) is 20.1 Å². The minimum Gasteiger partial charge on any atom is -0.304 e. The maximum Gasteiger partial charge on any atom is 0.105 e. The zero-order valence-electron chi connectivity index (χ0n) is 16.7. The van der Waals surface area contributed by atoms with Gasteiger partial charge in [0.25, 0.3) is 0 Å². The Hall–Kier alpha value is -3.24. The van der Waals surface area contributed by atoms with Gasteiger partial charge >= 0.3 is 0 Å². The van der Waals surface area contributed by atoms with Gasteiger partial charge in [-0.3, -0.25) is 4.98 Å². The van der Waals surface area contributed by atoms with Crippen molar-refractivity contribution in [3.8, 4) is 11.3 Å². The number of benzene rings is 4. The maximum atomic E-state index is 4.58. The van der Waals surface area contributed by atoms with Crippen LogP contribution in [0.15, 0.2) is 91.5 Å². The molecule has 0 fully saturated rings. The SMILES string of the molecule is [Ir].[c-]1ccc2sc3cccc4c5cccnc5c1c2c34.[c-]1ccccc1-c1ccncn1. The summed E-state index contributed by atoms with van der Waals surface area (Å²) in [5.41, 5.74) is 2.97. The third-order valence-corrected chi connectivity index (χ3v) is 6.48. The summed E-state index contributed by atoms with van der Waals surface area (Å²) >= 11 is 1.85. The molecule has 0 atom stereocenters. The smallest absolute Gasteiger partial charge is 0.105 e. The van der Waals surface area contributed by atoms with Crippen LogP contribution < -0.4 is 0 Å². The van der Waals surface area contributed by atoms with E-state index < -0.39 is 0 Å². The number of aromatic nitrogens is 3. The summed E-state index contributed by atoms with van der Waals surface area (Å²) in [6.07, 6.45) is 5.13. The predicted molar refractivity (Wildman–Crippen MR) is 128 cm³/mol. The number of fused-ring (bicyclic) bond motifs is 3. The molecule has 0 aliphatic rings. The predicted octanol–water partition coefficient (Wildman–Crippen LogP) is 6.94. The largest absolute Gasteiger partial charge is 0.304 e. The summed E-state index contributed by atoms with van der Waals surface area (Å²) in [7, 11) is 0. The molecule has 0 N–H and O–H groups in total. The fourth-order valence-electron chi connectivity index (χ4n) is 4.04. The van der Waals surface area contributed by atoms with Gasteiger partial charge in [-0.1, -0.05) is 29.7 Å². The second-order valence-corrected chi connectivity index (χ2v) is 8.23. The topological polar surface area (TPSA) is 38.7 Å². The van der Waals surface area contributed by atoms with Crippen molar-refractivity contribution < 1.29 is 20.1 Å². The number of hydrogen-bond donors (Lipinski definition) is 0. The van der Waals surface area contributed by atoms with Crippen LogP contribution in [0, 0.1) is 12.1 Å². The van der Waals surface area contributed by atoms with E-state index in [1.165, 1.54) is 37.3 Å². The average Bonchev–Trinajstić information content (AvgIpc) is 3.25. The van der Waals surface area contributed by atoms with Gasteiger partial charge in [0.2, 0.25) is 0 Å². The molecule has 1 radical (unpaired) electrons. The van der Waals surface area contributed by atoms with E-state index >= 15 is 0 Å². The van der Waals surface area contributed by atoms with Crippen molar-refractivity contribution >= 4 is 53.2 Å². The molecule has 155 valence electrons. The molecule has 0 amide bonds. The van der Waals surface area contributed by atoms with Crippen molar-refractivity contribution in [3.63, 3.8) is 0 Å². The van der Waals surface area contributed by atoms with Crippen molar-refractivity contribution in [2.75, 3.05) is 0 Å². The Morgan fingerprint density at radius 3 is 2.44 bits per heavy atom. The van der Waals surface area contributed by atoms with E-state index in [0.29, 0.717) is 0 Å². The van der Waals surface area contributed by atoms with E-state index in [9.17, 15) is 0 Å². The summed E-state index contributed by atoms with van der Waals surface area (Å²) in [6.45, 7) is 0. The van der Waals surface area contributed by atoms with Gasteiger partial charge in [0.05, 0.1) is 0 Å². The van der Waals surface area contributed by atoms with Gasteiger partial charge in [-0.15, -0.1) is 59.5 Å². The Balaban J connectivity index is 0.000000145. The zero-order valence-corrected chi connectivity index (χ0v) is 20.0. The zero-order chi connectivity index (χ0) is 20.6. The molecular formula is C27H15IrN3S-2. The summed E-state index contributed by atoms with van der Waals surface area (Å²) in [6, 6.07) is 31.0. The van der Waals surface area contributed by atoms with E-state index in [1.54, 1.807) is 6.20 Å². The maximum absolute atomic E-state index is 4.58. The summed E-state index contributed by atoms with van der Waals surface area (Å²) in [4.78, 5) is 12.5. The first-order chi connectivity index (χ1) is 15.4. The van der Waals surface area contributed by atoms with Crippen LogP contribution in [0.25, 0.3) is 53.1 Å². The van der Waals surface area contributed by atoms with Gasteiger partial charge in [-0.2, -0.15) is 11.3 Å². The molecule has 0 saturated carbocycles. The van der Waals surface area contributed by atoms with Crippen molar-refractivity contribution in [1.82, 2.24) is 15.0 Å². The quantitative estimate of drug-likeness (QED) is 0.150. The molecule has 0 bridgehead atoms. The third kappa shape index (κ3) is 3.45.